The summed E-state index contributed by atoms with van der Waals surface area (Å²) in [6, 6.07) is 3.11. The average Bonchev–Trinajstić information content (AvgIpc) is 2.35. The number of carbonyl (C=O) groups is 2. The summed E-state index contributed by atoms with van der Waals surface area (Å²) in [6.45, 7) is 1.42. The van der Waals surface area contributed by atoms with Crippen LogP contribution in [0, 0.1) is 0 Å². The largest absolute Gasteiger partial charge is 0.496 e. The van der Waals surface area contributed by atoms with Crippen molar-refractivity contribution in [2.24, 2.45) is 0 Å². The average molecular weight is 269 g/mol. The van der Waals surface area contributed by atoms with Crippen LogP contribution < -0.4 is 4.74 Å². The lowest BCUT2D eigenvalue weighted by molar-refractivity contribution is -0.112. The molecule has 1 aromatic carbocycles. The van der Waals surface area contributed by atoms with Crippen LogP contribution >= 0.6 is 11.6 Å². The van der Waals surface area contributed by atoms with Gasteiger partial charge in [-0.05, 0) is 31.2 Å². The van der Waals surface area contributed by atoms with Crippen molar-refractivity contribution in [3.8, 4) is 5.75 Å². The molecular formula is C13H13ClO4. The fourth-order valence-electron chi connectivity index (χ4n) is 1.38. The Hall–Kier alpha value is -1.81. The highest BCUT2D eigenvalue weighted by Gasteiger charge is 2.16. The van der Waals surface area contributed by atoms with Gasteiger partial charge in [-0.3, -0.25) is 4.79 Å². The standard InChI is InChI=1S/C13H13ClO4/c1-8(15)4-5-9-11(17-2)7-6-10(12(9)14)13(16)18-3/h4-7H,1-3H3/b5-4+. The number of benzene rings is 1. The Morgan fingerprint density at radius 3 is 2.44 bits per heavy atom. The minimum atomic E-state index is -0.542. The Morgan fingerprint density at radius 2 is 1.94 bits per heavy atom. The second-order valence-electron chi connectivity index (χ2n) is 3.48. The zero-order chi connectivity index (χ0) is 13.7. The molecule has 0 amide bonds. The molecular weight excluding hydrogens is 256 g/mol. The van der Waals surface area contributed by atoms with E-state index in [1.807, 2.05) is 0 Å². The van der Waals surface area contributed by atoms with E-state index in [2.05, 4.69) is 4.74 Å². The number of ketones is 1. The van der Waals surface area contributed by atoms with Crippen LogP contribution in [0.4, 0.5) is 0 Å². The van der Waals surface area contributed by atoms with Gasteiger partial charge in [-0.15, -0.1) is 0 Å². The normalized spacial score (nSPS) is 10.4. The number of rotatable bonds is 4. The van der Waals surface area contributed by atoms with E-state index in [-0.39, 0.29) is 16.4 Å². The number of hydrogen-bond acceptors (Lipinski definition) is 4. The van der Waals surface area contributed by atoms with Crippen molar-refractivity contribution in [1.29, 1.82) is 0 Å². The molecule has 18 heavy (non-hydrogen) atoms. The first-order chi connectivity index (χ1) is 8.51. The predicted octanol–water partition coefficient (Wildman–Crippen LogP) is 2.74. The van der Waals surface area contributed by atoms with Gasteiger partial charge >= 0.3 is 5.97 Å². The molecule has 1 rings (SSSR count). The molecule has 0 aliphatic rings. The van der Waals surface area contributed by atoms with Gasteiger partial charge in [0.15, 0.2) is 5.78 Å². The summed E-state index contributed by atoms with van der Waals surface area (Å²) < 4.78 is 9.74. The van der Waals surface area contributed by atoms with E-state index in [4.69, 9.17) is 16.3 Å². The van der Waals surface area contributed by atoms with Gasteiger partial charge in [0.1, 0.15) is 5.75 Å². The predicted molar refractivity (Wildman–Crippen MR) is 69.1 cm³/mol. The number of carbonyl (C=O) groups excluding carboxylic acids is 2. The molecule has 96 valence electrons. The molecule has 1 aromatic rings. The van der Waals surface area contributed by atoms with Crippen LogP contribution in [0.5, 0.6) is 5.75 Å². The Labute approximate surface area is 110 Å². The van der Waals surface area contributed by atoms with Gasteiger partial charge in [0.2, 0.25) is 0 Å². The van der Waals surface area contributed by atoms with Gasteiger partial charge in [0, 0.05) is 5.56 Å². The van der Waals surface area contributed by atoms with Crippen LogP contribution in [0.25, 0.3) is 6.08 Å². The molecule has 0 unspecified atom stereocenters. The lowest BCUT2D eigenvalue weighted by Gasteiger charge is -2.10. The van der Waals surface area contributed by atoms with E-state index in [1.165, 1.54) is 39.4 Å². The number of esters is 1. The van der Waals surface area contributed by atoms with E-state index < -0.39 is 5.97 Å². The van der Waals surface area contributed by atoms with Gasteiger partial charge in [-0.2, -0.15) is 0 Å². The highest BCUT2D eigenvalue weighted by molar-refractivity contribution is 6.35. The molecule has 4 nitrogen and oxygen atoms in total. The van der Waals surface area contributed by atoms with Crippen LogP contribution in [0.3, 0.4) is 0 Å². The summed E-state index contributed by atoms with van der Waals surface area (Å²) in [5.74, 6) is -0.193. The summed E-state index contributed by atoms with van der Waals surface area (Å²) in [5.41, 5.74) is 0.695. The Morgan fingerprint density at radius 1 is 1.28 bits per heavy atom. The first-order valence-electron chi connectivity index (χ1n) is 5.14. The number of ether oxygens (including phenoxy) is 2. The molecule has 0 aliphatic heterocycles. The second kappa shape index (κ2) is 6.21. The first kappa shape index (κ1) is 14.3. The van der Waals surface area contributed by atoms with Crippen molar-refractivity contribution in [1.82, 2.24) is 0 Å². The van der Waals surface area contributed by atoms with Crippen molar-refractivity contribution in [3.05, 3.63) is 34.4 Å². The molecule has 0 atom stereocenters. The maximum atomic E-state index is 11.5. The smallest absolute Gasteiger partial charge is 0.339 e. The molecule has 0 bridgehead atoms. The highest BCUT2D eigenvalue weighted by Crippen LogP contribution is 2.31. The molecule has 0 radical (unpaired) electrons. The molecule has 0 saturated heterocycles. The molecule has 0 spiro atoms. The van der Waals surface area contributed by atoms with E-state index in [1.54, 1.807) is 6.07 Å². The van der Waals surface area contributed by atoms with Gasteiger partial charge in [-0.25, -0.2) is 4.79 Å². The van der Waals surface area contributed by atoms with Crippen LogP contribution in [-0.4, -0.2) is 26.0 Å². The van der Waals surface area contributed by atoms with Crippen molar-refractivity contribution < 1.29 is 19.1 Å². The third kappa shape index (κ3) is 3.11. The minimum Gasteiger partial charge on any atom is -0.496 e. The zero-order valence-electron chi connectivity index (χ0n) is 10.3. The van der Waals surface area contributed by atoms with E-state index in [0.717, 1.165) is 0 Å². The van der Waals surface area contributed by atoms with Crippen LogP contribution in [0.1, 0.15) is 22.8 Å². The van der Waals surface area contributed by atoms with Crippen LogP contribution in [-0.2, 0) is 9.53 Å². The molecule has 0 aliphatic carbocycles. The Bertz CT molecular complexity index is 506. The molecule has 0 saturated carbocycles. The van der Waals surface area contributed by atoms with E-state index in [0.29, 0.717) is 11.3 Å². The highest BCUT2D eigenvalue weighted by atomic mass is 35.5. The fraction of sp³-hybridized carbons (Fsp3) is 0.231. The van der Waals surface area contributed by atoms with Gasteiger partial charge < -0.3 is 9.47 Å². The fourth-order valence-corrected chi connectivity index (χ4v) is 1.67. The van der Waals surface area contributed by atoms with Crippen molar-refractivity contribution >= 4 is 29.4 Å². The lowest BCUT2D eigenvalue weighted by atomic mass is 10.1. The Kier molecular flexibility index (Phi) is 4.92. The molecule has 0 aromatic heterocycles. The summed E-state index contributed by atoms with van der Waals surface area (Å²) in [6.07, 6.45) is 2.86. The first-order valence-corrected chi connectivity index (χ1v) is 5.52. The summed E-state index contributed by atoms with van der Waals surface area (Å²) in [5, 5.41) is 0.193. The van der Waals surface area contributed by atoms with Crippen LogP contribution in [0.2, 0.25) is 5.02 Å². The zero-order valence-corrected chi connectivity index (χ0v) is 11.1. The monoisotopic (exact) mass is 268 g/mol. The van der Waals surface area contributed by atoms with Crippen molar-refractivity contribution in [2.75, 3.05) is 14.2 Å². The van der Waals surface area contributed by atoms with E-state index in [9.17, 15) is 9.59 Å². The molecule has 0 fully saturated rings. The Balaban J connectivity index is 3.35. The minimum absolute atomic E-state index is 0.128. The van der Waals surface area contributed by atoms with Gasteiger partial charge in [-0.1, -0.05) is 11.6 Å². The maximum absolute atomic E-state index is 11.5. The topological polar surface area (TPSA) is 52.6 Å². The molecule has 0 N–H and O–H groups in total. The summed E-state index contributed by atoms with van der Waals surface area (Å²) in [4.78, 5) is 22.4. The third-order valence-corrected chi connectivity index (χ3v) is 2.66. The van der Waals surface area contributed by atoms with Crippen molar-refractivity contribution in [3.63, 3.8) is 0 Å². The third-order valence-electron chi connectivity index (χ3n) is 2.25. The lowest BCUT2D eigenvalue weighted by Crippen LogP contribution is -2.03. The molecule has 5 heteroatoms. The SMILES string of the molecule is COC(=O)c1ccc(OC)c(/C=C/C(C)=O)c1Cl. The number of methoxy groups -OCH3 is 2. The summed E-state index contributed by atoms with van der Waals surface area (Å²) >= 11 is 6.11. The molecule has 0 heterocycles. The number of hydrogen-bond donors (Lipinski definition) is 0. The second-order valence-corrected chi connectivity index (χ2v) is 3.86. The van der Waals surface area contributed by atoms with Gasteiger partial charge in [0.05, 0.1) is 24.8 Å². The van der Waals surface area contributed by atoms with Crippen LogP contribution in [0.15, 0.2) is 18.2 Å². The number of halogens is 1. The number of allylic oxidation sites excluding steroid dienone is 1. The quantitative estimate of drug-likeness (QED) is 0.622. The summed E-state index contributed by atoms with van der Waals surface area (Å²) in [7, 11) is 2.75. The van der Waals surface area contributed by atoms with E-state index >= 15 is 0 Å². The maximum Gasteiger partial charge on any atom is 0.339 e. The van der Waals surface area contributed by atoms with Crippen molar-refractivity contribution in [2.45, 2.75) is 6.92 Å². The van der Waals surface area contributed by atoms with Gasteiger partial charge in [0.25, 0.3) is 0 Å².